The van der Waals surface area contributed by atoms with E-state index < -0.39 is 79.3 Å². The van der Waals surface area contributed by atoms with Gasteiger partial charge in [-0.1, -0.05) is 0 Å². The summed E-state index contributed by atoms with van der Waals surface area (Å²) >= 11 is 0. The molecule has 15 heteroatoms. The van der Waals surface area contributed by atoms with Crippen molar-refractivity contribution in [3.63, 3.8) is 0 Å². The number of carboxylic acids is 3. The Balaban J connectivity index is 0.000000916. The molecule has 0 radical (unpaired) electrons. The fraction of sp³-hybridized carbons (Fsp3) is 0.789. The Morgan fingerprint density at radius 3 is 2.12 bits per heavy atom. The number of aliphatic carboxylic acids is 3. The van der Waals surface area contributed by atoms with E-state index in [1.807, 2.05) is 0 Å². The predicted octanol–water partition coefficient (Wildman–Crippen LogP) is -3.34. The summed E-state index contributed by atoms with van der Waals surface area (Å²) in [6.45, 7) is 4.00. The van der Waals surface area contributed by atoms with Crippen LogP contribution in [0.4, 0.5) is 0 Å². The van der Waals surface area contributed by atoms with Gasteiger partial charge >= 0.3 is 17.9 Å². The summed E-state index contributed by atoms with van der Waals surface area (Å²) in [5, 5.41) is 59.8. The van der Waals surface area contributed by atoms with E-state index in [1.54, 1.807) is 6.92 Å². The number of ether oxygens (including phenoxy) is 2. The average molecular weight is 497 g/mol. The molecule has 8 atom stereocenters. The minimum atomic E-state index is -1.46. The van der Waals surface area contributed by atoms with Crippen molar-refractivity contribution < 1.29 is 59.3 Å². The first kappa shape index (κ1) is 31.6. The molecule has 1 rings (SSSR count). The molecule has 1 fully saturated rings. The number of carbonyl (C=O) groups is 4. The maximum atomic E-state index is 11.3. The highest BCUT2D eigenvalue weighted by atomic mass is 16.6. The van der Waals surface area contributed by atoms with Crippen molar-refractivity contribution in [3.05, 3.63) is 0 Å². The van der Waals surface area contributed by atoms with Crippen LogP contribution < -0.4 is 16.4 Å². The van der Waals surface area contributed by atoms with E-state index >= 15 is 0 Å². The highest BCUT2D eigenvalue weighted by molar-refractivity contribution is 5.74. The van der Waals surface area contributed by atoms with Crippen LogP contribution >= 0.6 is 0 Å². The van der Waals surface area contributed by atoms with Gasteiger partial charge in [0.1, 0.15) is 36.4 Å². The number of nitrogens with one attached hydrogen (secondary N) is 2. The van der Waals surface area contributed by atoms with Crippen LogP contribution in [0.2, 0.25) is 0 Å². The topological polar surface area (TPSA) is 258 Å². The number of carboxylic acid groups (broad SMARTS) is 3. The lowest BCUT2D eigenvalue weighted by molar-refractivity contribution is -0.267. The van der Waals surface area contributed by atoms with Gasteiger partial charge in [-0.2, -0.15) is 0 Å². The monoisotopic (exact) mass is 497 g/mol. The SMILES string of the molecule is CC(=O)N[C@@H]1[C@@H](OC(C)CN[C@@H](C)C(=O)O)[C@H](O)[C@@H](CO)O[C@@H]1O.N[C@H](CCC(=O)O)C(=O)O. The lowest BCUT2D eigenvalue weighted by Gasteiger charge is -2.43. The molecule has 0 bridgehead atoms. The van der Waals surface area contributed by atoms with Crippen molar-refractivity contribution in [2.24, 2.45) is 5.73 Å². The Kier molecular flexibility index (Phi) is 14.4. The largest absolute Gasteiger partial charge is 0.481 e. The summed E-state index contributed by atoms with van der Waals surface area (Å²) in [4.78, 5) is 42.0. The van der Waals surface area contributed by atoms with Crippen LogP contribution in [0.3, 0.4) is 0 Å². The van der Waals surface area contributed by atoms with Gasteiger partial charge in [0.25, 0.3) is 0 Å². The zero-order valence-electron chi connectivity index (χ0n) is 19.2. The van der Waals surface area contributed by atoms with E-state index in [4.69, 9.17) is 30.5 Å². The summed E-state index contributed by atoms with van der Waals surface area (Å²) in [6.07, 6.45) is -5.60. The minimum absolute atomic E-state index is 0.0231. The van der Waals surface area contributed by atoms with E-state index in [9.17, 15) is 34.5 Å². The maximum Gasteiger partial charge on any atom is 0.320 e. The Bertz CT molecular complexity index is 679. The first-order valence-corrected chi connectivity index (χ1v) is 10.4. The highest BCUT2D eigenvalue weighted by Crippen LogP contribution is 2.23. The summed E-state index contributed by atoms with van der Waals surface area (Å²) in [6, 6.07) is -2.87. The van der Waals surface area contributed by atoms with Gasteiger partial charge in [0.15, 0.2) is 6.29 Å². The van der Waals surface area contributed by atoms with Crippen molar-refractivity contribution in [2.45, 2.75) is 82.4 Å². The lowest BCUT2D eigenvalue weighted by Crippen LogP contribution is -2.65. The number of aliphatic hydroxyl groups excluding tert-OH is 3. The third-order valence-corrected chi connectivity index (χ3v) is 4.70. The van der Waals surface area contributed by atoms with Crippen LogP contribution in [-0.4, -0.2) is 116 Å². The van der Waals surface area contributed by atoms with Crippen molar-refractivity contribution in [3.8, 4) is 0 Å². The van der Waals surface area contributed by atoms with Crippen molar-refractivity contribution >= 4 is 23.8 Å². The van der Waals surface area contributed by atoms with Crippen LogP contribution in [0.15, 0.2) is 0 Å². The molecule has 15 nitrogen and oxygen atoms in total. The van der Waals surface area contributed by atoms with Crippen molar-refractivity contribution in [2.75, 3.05) is 13.2 Å². The number of aliphatic hydroxyl groups is 3. The Hall–Kier alpha value is -2.40. The van der Waals surface area contributed by atoms with Crippen LogP contribution in [0, 0.1) is 0 Å². The molecule has 1 unspecified atom stereocenters. The second-order valence-electron chi connectivity index (χ2n) is 7.72. The quantitative estimate of drug-likeness (QED) is 0.128. The first-order chi connectivity index (χ1) is 15.7. The third kappa shape index (κ3) is 11.6. The smallest absolute Gasteiger partial charge is 0.320 e. The fourth-order valence-corrected chi connectivity index (χ4v) is 2.78. The van der Waals surface area contributed by atoms with Gasteiger partial charge in [0.2, 0.25) is 5.91 Å². The summed E-state index contributed by atoms with van der Waals surface area (Å²) < 4.78 is 10.7. The molecule has 0 spiro atoms. The Morgan fingerprint density at radius 2 is 1.68 bits per heavy atom. The Labute approximate surface area is 195 Å². The summed E-state index contributed by atoms with van der Waals surface area (Å²) in [5.41, 5.74) is 5.00. The average Bonchev–Trinajstić information content (AvgIpc) is 2.74. The molecule has 1 aliphatic heterocycles. The maximum absolute atomic E-state index is 11.3. The standard InChI is InChI=1S/C14H26N2O8.C5H9NO4/c1-6(4-15-7(2)13(20)21)23-12-10(16-8(3)18)14(22)24-9(5-17)11(12)19;6-3(5(9)10)1-2-4(7)8/h6-7,9-12,14-15,17,19,22H,4-5H2,1-3H3,(H,16,18)(H,20,21);3H,1-2,6H2,(H,7,8)(H,9,10)/t6?,7-,9+,10+,11+,12+,14-;3-/m01/s1. The second-order valence-corrected chi connectivity index (χ2v) is 7.72. The van der Waals surface area contributed by atoms with E-state index in [1.165, 1.54) is 13.8 Å². The minimum Gasteiger partial charge on any atom is -0.481 e. The molecular weight excluding hydrogens is 462 g/mol. The lowest BCUT2D eigenvalue weighted by atomic mass is 9.96. The molecular formula is C19H35N3O12. The number of nitrogens with two attached hydrogens (primary N) is 1. The Morgan fingerprint density at radius 1 is 1.09 bits per heavy atom. The van der Waals surface area contributed by atoms with E-state index in [0.717, 1.165) is 0 Å². The van der Waals surface area contributed by atoms with E-state index in [2.05, 4.69) is 10.6 Å². The molecule has 0 aromatic heterocycles. The molecule has 1 heterocycles. The normalized spacial score (nSPS) is 26.9. The van der Waals surface area contributed by atoms with Crippen molar-refractivity contribution in [1.82, 2.24) is 10.6 Å². The third-order valence-electron chi connectivity index (χ3n) is 4.70. The fourth-order valence-electron chi connectivity index (χ4n) is 2.78. The van der Waals surface area contributed by atoms with E-state index in [0.29, 0.717) is 0 Å². The summed E-state index contributed by atoms with van der Waals surface area (Å²) in [7, 11) is 0. The number of carbonyl (C=O) groups excluding carboxylic acids is 1. The van der Waals surface area contributed by atoms with Gasteiger partial charge in [-0.15, -0.1) is 0 Å². The zero-order valence-corrected chi connectivity index (χ0v) is 19.2. The molecule has 0 aromatic rings. The molecule has 1 aliphatic rings. The number of hydrogen-bond donors (Lipinski definition) is 9. The predicted molar refractivity (Wildman–Crippen MR) is 113 cm³/mol. The molecule has 0 saturated carbocycles. The molecule has 34 heavy (non-hydrogen) atoms. The van der Waals surface area contributed by atoms with Crippen LogP contribution in [-0.2, 0) is 28.7 Å². The number of rotatable bonds is 12. The van der Waals surface area contributed by atoms with Gasteiger partial charge in [-0.25, -0.2) is 0 Å². The molecule has 0 aromatic carbocycles. The number of amides is 1. The highest BCUT2D eigenvalue weighted by Gasteiger charge is 2.46. The van der Waals surface area contributed by atoms with Crippen LogP contribution in [0.25, 0.3) is 0 Å². The van der Waals surface area contributed by atoms with Gasteiger partial charge in [-0.05, 0) is 20.3 Å². The van der Waals surface area contributed by atoms with Gasteiger partial charge in [0.05, 0.1) is 12.7 Å². The molecule has 198 valence electrons. The molecule has 1 amide bonds. The van der Waals surface area contributed by atoms with Crippen LogP contribution in [0.1, 0.15) is 33.6 Å². The summed E-state index contributed by atoms with van der Waals surface area (Å²) in [5.74, 6) is -3.66. The van der Waals surface area contributed by atoms with Gasteiger partial charge in [-0.3, -0.25) is 19.2 Å². The zero-order chi connectivity index (χ0) is 26.6. The first-order valence-electron chi connectivity index (χ1n) is 10.4. The van der Waals surface area contributed by atoms with E-state index in [-0.39, 0.29) is 19.4 Å². The van der Waals surface area contributed by atoms with Crippen molar-refractivity contribution in [1.29, 1.82) is 0 Å². The van der Waals surface area contributed by atoms with Crippen LogP contribution in [0.5, 0.6) is 0 Å². The number of hydrogen-bond acceptors (Lipinski definition) is 11. The molecule has 10 N–H and O–H groups in total. The second kappa shape index (κ2) is 15.5. The molecule has 0 aliphatic carbocycles. The molecule has 1 saturated heterocycles. The van der Waals surface area contributed by atoms with Gasteiger partial charge < -0.3 is 56.5 Å². The van der Waals surface area contributed by atoms with Gasteiger partial charge in [0, 0.05) is 19.9 Å².